The Morgan fingerprint density at radius 3 is 1.19 bits per heavy atom. The second-order valence-corrected chi connectivity index (χ2v) is 14.2. The highest BCUT2D eigenvalue weighted by Gasteiger charge is 2.33. The van der Waals surface area contributed by atoms with Crippen LogP contribution in [-0.2, 0) is 12.8 Å². The van der Waals surface area contributed by atoms with Crippen LogP contribution in [0.15, 0.2) is 158 Å². The molecule has 2 aliphatic carbocycles. The lowest BCUT2D eigenvalue weighted by atomic mass is 9.69. The van der Waals surface area contributed by atoms with Crippen molar-refractivity contribution in [2.24, 2.45) is 0 Å². The van der Waals surface area contributed by atoms with E-state index in [9.17, 15) is 10.2 Å². The molecule has 0 saturated heterocycles. The maximum Gasteiger partial charge on any atom is 0.115 e. The lowest BCUT2D eigenvalue weighted by Crippen LogP contribution is -2.20. The smallest absolute Gasteiger partial charge is 0.115 e. The Morgan fingerprint density at radius 2 is 0.827 bits per heavy atom. The third kappa shape index (κ3) is 7.67. The summed E-state index contributed by atoms with van der Waals surface area (Å²) in [6.07, 6.45) is 12.6. The molecule has 0 saturated carbocycles. The summed E-state index contributed by atoms with van der Waals surface area (Å²) in [4.78, 5) is 0. The van der Waals surface area contributed by atoms with Gasteiger partial charge in [0.2, 0.25) is 0 Å². The molecule has 0 bridgehead atoms. The molecule has 0 unspecified atom stereocenters. The van der Waals surface area contributed by atoms with Crippen LogP contribution in [-0.4, -0.2) is 10.2 Å². The predicted molar refractivity (Wildman–Crippen MR) is 217 cm³/mol. The van der Waals surface area contributed by atoms with Crippen LogP contribution in [0, 0.1) is 0 Å². The minimum atomic E-state index is 0.321. The first-order valence-corrected chi connectivity index (χ1v) is 18.7. The van der Waals surface area contributed by atoms with Crippen molar-refractivity contribution in [3.63, 3.8) is 0 Å². The van der Waals surface area contributed by atoms with Crippen LogP contribution in [0.1, 0.15) is 106 Å². The van der Waals surface area contributed by atoms with Gasteiger partial charge in [0.1, 0.15) is 11.5 Å². The summed E-state index contributed by atoms with van der Waals surface area (Å²) in [5.41, 5.74) is 13.2. The maximum atomic E-state index is 9.92. The van der Waals surface area contributed by atoms with Gasteiger partial charge in [-0.1, -0.05) is 146 Å². The van der Waals surface area contributed by atoms with E-state index in [0.29, 0.717) is 35.2 Å². The standard InChI is InChI=1S/2C25H24O/c2*1-2-6-18-9-11-20(12-10-18)25-23(19-7-4-3-5-8-19)15-13-21-17-22(26)14-16-24(21)25/h2*2-12,14,16-17,23,25-26H,13,15H2,1H3/b2*6-2+/t2*23-,25+/m10/s1. The second-order valence-electron chi connectivity index (χ2n) is 14.2. The van der Waals surface area contributed by atoms with Crippen molar-refractivity contribution >= 4 is 12.2 Å². The zero-order valence-corrected chi connectivity index (χ0v) is 30.2. The van der Waals surface area contributed by atoms with Crippen LogP contribution >= 0.6 is 0 Å². The number of fused-ring (bicyclic) bond motifs is 2. The molecule has 6 aromatic carbocycles. The average molecular weight is 681 g/mol. The van der Waals surface area contributed by atoms with E-state index in [-0.39, 0.29) is 0 Å². The third-order valence-corrected chi connectivity index (χ3v) is 10.9. The number of hydrogen-bond donors (Lipinski definition) is 2. The Hall–Kier alpha value is -5.60. The third-order valence-electron chi connectivity index (χ3n) is 10.9. The molecule has 8 rings (SSSR count). The van der Waals surface area contributed by atoms with Crippen molar-refractivity contribution in [1.29, 1.82) is 0 Å². The van der Waals surface area contributed by atoms with Gasteiger partial charge in [-0.25, -0.2) is 0 Å². The first-order chi connectivity index (χ1) is 25.5. The van der Waals surface area contributed by atoms with E-state index in [1.54, 1.807) is 0 Å². The molecule has 0 radical (unpaired) electrons. The first kappa shape index (κ1) is 34.8. The fourth-order valence-electron chi connectivity index (χ4n) is 8.57. The number of allylic oxidation sites excluding steroid dienone is 2. The van der Waals surface area contributed by atoms with Gasteiger partial charge in [-0.15, -0.1) is 0 Å². The van der Waals surface area contributed by atoms with E-state index in [1.165, 1.54) is 55.6 Å². The molecular weight excluding hydrogens is 633 g/mol. The Labute approximate surface area is 309 Å². The number of phenolic OH excluding ortho intramolecular Hbond substituents is 2. The van der Waals surface area contributed by atoms with Crippen LogP contribution in [0.4, 0.5) is 0 Å². The Morgan fingerprint density at radius 1 is 0.442 bits per heavy atom. The van der Waals surface area contributed by atoms with Crippen molar-refractivity contribution in [3.8, 4) is 11.5 Å². The van der Waals surface area contributed by atoms with Gasteiger partial charge in [0.15, 0.2) is 0 Å². The summed E-state index contributed by atoms with van der Waals surface area (Å²) >= 11 is 0. The summed E-state index contributed by atoms with van der Waals surface area (Å²) in [5.74, 6) is 2.29. The molecule has 0 aliphatic heterocycles. The topological polar surface area (TPSA) is 40.5 Å². The summed E-state index contributed by atoms with van der Waals surface area (Å²) in [7, 11) is 0. The van der Waals surface area contributed by atoms with Crippen LogP contribution in [0.2, 0.25) is 0 Å². The maximum absolute atomic E-state index is 9.92. The van der Waals surface area contributed by atoms with Crippen LogP contribution < -0.4 is 0 Å². The van der Waals surface area contributed by atoms with E-state index in [0.717, 1.165) is 25.7 Å². The van der Waals surface area contributed by atoms with Gasteiger partial charge in [-0.05, 0) is 131 Å². The highest BCUT2D eigenvalue weighted by Crippen LogP contribution is 2.48. The number of aromatic hydroxyl groups is 2. The molecular formula is C50H48O2. The molecule has 0 amide bonds. The van der Waals surface area contributed by atoms with E-state index < -0.39 is 0 Å². The molecule has 52 heavy (non-hydrogen) atoms. The second kappa shape index (κ2) is 16.2. The van der Waals surface area contributed by atoms with Gasteiger partial charge in [-0.2, -0.15) is 0 Å². The molecule has 2 nitrogen and oxygen atoms in total. The van der Waals surface area contributed by atoms with Crippen LogP contribution in [0.3, 0.4) is 0 Å². The lowest BCUT2D eigenvalue weighted by molar-refractivity contribution is 0.468. The van der Waals surface area contributed by atoms with E-state index in [1.807, 2.05) is 38.1 Å². The number of phenols is 2. The van der Waals surface area contributed by atoms with Crippen LogP contribution in [0.25, 0.3) is 12.2 Å². The monoisotopic (exact) mass is 680 g/mol. The Bertz CT molecular complexity index is 1970. The molecule has 2 N–H and O–H groups in total. The van der Waals surface area contributed by atoms with Crippen molar-refractivity contribution < 1.29 is 10.2 Å². The summed E-state index contributed by atoms with van der Waals surface area (Å²) < 4.78 is 0. The van der Waals surface area contributed by atoms with Gasteiger partial charge < -0.3 is 10.2 Å². The Balaban J connectivity index is 0.000000162. The van der Waals surface area contributed by atoms with Crippen LogP contribution in [0.5, 0.6) is 11.5 Å². The highest BCUT2D eigenvalue weighted by atomic mass is 16.3. The van der Waals surface area contributed by atoms with Crippen molar-refractivity contribution in [2.75, 3.05) is 0 Å². The van der Waals surface area contributed by atoms with E-state index in [4.69, 9.17) is 0 Å². The van der Waals surface area contributed by atoms with Gasteiger partial charge in [-0.3, -0.25) is 0 Å². The zero-order chi connectivity index (χ0) is 35.9. The molecule has 2 heteroatoms. The van der Waals surface area contributed by atoms with Gasteiger partial charge >= 0.3 is 0 Å². The molecule has 6 aromatic rings. The summed E-state index contributed by atoms with van der Waals surface area (Å²) in [6.45, 7) is 4.09. The summed E-state index contributed by atoms with van der Waals surface area (Å²) in [5, 5.41) is 19.8. The number of benzene rings is 6. The predicted octanol–water partition coefficient (Wildman–Crippen LogP) is 12.6. The van der Waals surface area contributed by atoms with E-state index >= 15 is 0 Å². The molecule has 0 fully saturated rings. The largest absolute Gasteiger partial charge is 0.508 e. The van der Waals surface area contributed by atoms with Gasteiger partial charge in [0, 0.05) is 11.8 Å². The highest BCUT2D eigenvalue weighted by molar-refractivity contribution is 5.54. The number of aryl methyl sites for hydroxylation is 2. The SMILES string of the molecule is C/C=C/c1ccc([C@@H]2c3ccc(O)cc3CC[C@@H]2c2ccccc2)cc1.C/C=C/c1ccc([C@H]2c3ccc(O)cc3CC[C@H]2c2ccccc2)cc1. The van der Waals surface area contributed by atoms with Crippen molar-refractivity contribution in [3.05, 3.63) is 213 Å². The normalized spacial score (nSPS) is 19.4. The molecule has 0 spiro atoms. The number of rotatable bonds is 6. The molecule has 260 valence electrons. The van der Waals surface area contributed by atoms with Crippen molar-refractivity contribution in [2.45, 2.75) is 63.2 Å². The summed E-state index contributed by atoms with van der Waals surface area (Å²) in [6, 6.07) is 51.3. The average Bonchev–Trinajstić information content (AvgIpc) is 3.19. The quantitative estimate of drug-likeness (QED) is 0.184. The number of hydrogen-bond acceptors (Lipinski definition) is 2. The molecule has 0 aromatic heterocycles. The van der Waals surface area contributed by atoms with Gasteiger partial charge in [0.05, 0.1) is 0 Å². The molecule has 0 heterocycles. The fraction of sp³-hybridized carbons (Fsp3) is 0.200. The van der Waals surface area contributed by atoms with Gasteiger partial charge in [0.25, 0.3) is 0 Å². The fourth-order valence-corrected chi connectivity index (χ4v) is 8.57. The Kier molecular flexibility index (Phi) is 10.8. The van der Waals surface area contributed by atoms with Crippen molar-refractivity contribution in [1.82, 2.24) is 0 Å². The minimum Gasteiger partial charge on any atom is -0.508 e. The minimum absolute atomic E-state index is 0.321. The molecule has 4 atom stereocenters. The zero-order valence-electron chi connectivity index (χ0n) is 30.2. The van der Waals surface area contributed by atoms with E-state index in [2.05, 4.69) is 146 Å². The molecule has 2 aliphatic rings. The first-order valence-electron chi connectivity index (χ1n) is 18.7. The lowest BCUT2D eigenvalue weighted by Gasteiger charge is -2.34.